The third-order valence-electron chi connectivity index (χ3n) is 9.50. The number of aromatic nitrogens is 1. The molecule has 0 unspecified atom stereocenters. The van der Waals surface area contributed by atoms with Gasteiger partial charge in [-0.05, 0) is 50.2 Å². The number of hydrogen-bond acceptors (Lipinski definition) is 5. The molecule has 0 bridgehead atoms. The highest BCUT2D eigenvalue weighted by molar-refractivity contribution is 6.10. The average molecular weight is 545 g/mol. The fourth-order valence-corrected chi connectivity index (χ4v) is 7.38. The number of methoxy groups -OCH3 is 1. The van der Waals surface area contributed by atoms with E-state index in [0.29, 0.717) is 12.0 Å². The van der Waals surface area contributed by atoms with E-state index < -0.39 is 29.6 Å². The Morgan fingerprint density at radius 1 is 1.10 bits per heavy atom. The van der Waals surface area contributed by atoms with Crippen LogP contribution >= 0.6 is 0 Å². The molecular formula is C33H40N2O5. The number of aliphatic hydroxyl groups is 1. The van der Waals surface area contributed by atoms with Gasteiger partial charge in [0.25, 0.3) is 0 Å². The van der Waals surface area contributed by atoms with Gasteiger partial charge >= 0.3 is 0 Å². The van der Waals surface area contributed by atoms with Crippen LogP contribution in [0, 0.1) is 29.1 Å². The number of aromatic amines is 1. The zero-order valence-electron chi connectivity index (χ0n) is 23.9. The molecule has 1 spiro atoms. The Morgan fingerprint density at radius 2 is 1.85 bits per heavy atom. The lowest BCUT2D eigenvalue weighted by Gasteiger charge is -2.45. The van der Waals surface area contributed by atoms with Gasteiger partial charge in [0.2, 0.25) is 5.91 Å². The average Bonchev–Trinajstić information content (AvgIpc) is 3.49. The van der Waals surface area contributed by atoms with E-state index in [1.54, 1.807) is 14.0 Å². The molecule has 0 saturated carbocycles. The molecule has 1 aliphatic heterocycles. The second-order valence-electron chi connectivity index (χ2n) is 11.9. The first-order valence-electron chi connectivity index (χ1n) is 14.3. The maximum Gasteiger partial charge on any atom is 0.235 e. The maximum absolute atomic E-state index is 14.4. The summed E-state index contributed by atoms with van der Waals surface area (Å²) < 4.78 is 6.11. The first-order chi connectivity index (χ1) is 19.1. The predicted octanol–water partition coefficient (Wildman–Crippen LogP) is 4.99. The molecule has 7 nitrogen and oxygen atoms in total. The first kappa shape index (κ1) is 28.2. The number of hydrogen-bond donors (Lipinski definition) is 3. The van der Waals surface area contributed by atoms with Gasteiger partial charge in [-0.1, -0.05) is 61.9 Å². The Morgan fingerprint density at radius 3 is 2.60 bits per heavy atom. The largest absolute Gasteiger partial charge is 0.385 e. The summed E-state index contributed by atoms with van der Waals surface area (Å²) in [6.07, 6.45) is 8.69. The third-order valence-corrected chi connectivity index (χ3v) is 9.50. The molecule has 5 rings (SSSR count). The van der Waals surface area contributed by atoms with Crippen molar-refractivity contribution in [2.45, 2.75) is 65.2 Å². The van der Waals surface area contributed by atoms with Crippen LogP contribution in [0.1, 0.15) is 58.6 Å². The SMILES string of the molecule is CO[C@@H](c1c[nH]c2ccccc12)[C@@H]1NC(=O)[C@@]23C(=O)CC[C@H](O)C(=O)/C(C)=C/[C@@H](C)C/C=C/[C@H]2C=C(C)[C@@H](C)[C@@H]13. The predicted molar refractivity (Wildman–Crippen MR) is 154 cm³/mol. The van der Waals surface area contributed by atoms with Gasteiger partial charge in [0, 0.05) is 48.0 Å². The fourth-order valence-electron chi connectivity index (χ4n) is 7.38. The summed E-state index contributed by atoms with van der Waals surface area (Å²) in [5.41, 5.74) is 2.16. The molecule has 8 atom stereocenters. The van der Waals surface area contributed by atoms with Crippen LogP contribution in [0.5, 0.6) is 0 Å². The van der Waals surface area contributed by atoms with Crippen molar-refractivity contribution < 1.29 is 24.2 Å². The second-order valence-corrected chi connectivity index (χ2v) is 11.9. The standard InChI is InChI=1S/C33H40N2O5/c1-18-9-8-10-22-16-19(2)21(4)28-29(31(40-5)24-17-34-25-12-7-6-11-23(24)25)35-32(39)33(22,28)27(37)14-13-26(36)30(38)20(3)15-18/h6-8,10-12,15-18,21-22,26,28-29,31,34,36H,9,13-14H2,1-5H3,(H,35,39)/b10-8+,20-15+/t18-,21+,22-,26-,28-,29+,31-,33+/m0/s1. The number of rotatable bonds is 3. The van der Waals surface area contributed by atoms with Crippen LogP contribution < -0.4 is 5.32 Å². The van der Waals surface area contributed by atoms with Crippen molar-refractivity contribution in [2.75, 3.05) is 7.11 Å². The van der Waals surface area contributed by atoms with Crippen LogP contribution in [0.25, 0.3) is 10.9 Å². The molecule has 0 radical (unpaired) electrons. The number of H-pyrrole nitrogens is 1. The number of nitrogens with one attached hydrogen (secondary N) is 2. The summed E-state index contributed by atoms with van der Waals surface area (Å²) in [5, 5.41) is 14.9. The quantitative estimate of drug-likeness (QED) is 0.373. The number of para-hydroxylation sites is 1. The molecule has 2 aliphatic carbocycles. The molecule has 212 valence electrons. The molecule has 1 fully saturated rings. The van der Waals surface area contributed by atoms with Crippen molar-refractivity contribution in [1.29, 1.82) is 0 Å². The summed E-state index contributed by atoms with van der Waals surface area (Å²) in [4.78, 5) is 44.7. The monoisotopic (exact) mass is 544 g/mol. The highest BCUT2D eigenvalue weighted by atomic mass is 16.5. The van der Waals surface area contributed by atoms with E-state index in [4.69, 9.17) is 4.74 Å². The number of carbonyl (C=O) groups excluding carboxylic acids is 3. The Kier molecular flexibility index (Phi) is 7.73. The number of ketones is 2. The number of ether oxygens (including phenoxy) is 1. The van der Waals surface area contributed by atoms with Gasteiger partial charge in [-0.3, -0.25) is 14.4 Å². The van der Waals surface area contributed by atoms with Gasteiger partial charge in [-0.2, -0.15) is 0 Å². The number of allylic oxidation sites excluding steroid dienone is 5. The zero-order valence-corrected chi connectivity index (χ0v) is 23.9. The molecule has 1 aromatic carbocycles. The Balaban J connectivity index is 1.63. The fraction of sp³-hybridized carbons (Fsp3) is 0.485. The Bertz CT molecular complexity index is 1420. The van der Waals surface area contributed by atoms with Crippen molar-refractivity contribution in [3.05, 3.63) is 71.5 Å². The van der Waals surface area contributed by atoms with E-state index in [1.807, 2.05) is 55.6 Å². The van der Waals surface area contributed by atoms with Crippen LogP contribution in [0.15, 0.2) is 65.9 Å². The smallest absolute Gasteiger partial charge is 0.235 e. The van der Waals surface area contributed by atoms with Gasteiger partial charge in [0.05, 0.1) is 6.04 Å². The van der Waals surface area contributed by atoms with E-state index in [9.17, 15) is 19.5 Å². The van der Waals surface area contributed by atoms with Crippen molar-refractivity contribution >= 4 is 28.4 Å². The Hall–Kier alpha value is -3.29. The van der Waals surface area contributed by atoms with Crippen LogP contribution in [0.4, 0.5) is 0 Å². The van der Waals surface area contributed by atoms with Gasteiger partial charge in [0.15, 0.2) is 5.78 Å². The minimum Gasteiger partial charge on any atom is -0.385 e. The van der Waals surface area contributed by atoms with E-state index in [0.717, 1.165) is 22.0 Å². The van der Waals surface area contributed by atoms with Crippen LogP contribution in [-0.2, 0) is 19.1 Å². The summed E-state index contributed by atoms with van der Waals surface area (Å²) in [6, 6.07) is 7.51. The summed E-state index contributed by atoms with van der Waals surface area (Å²) >= 11 is 0. The van der Waals surface area contributed by atoms with Gasteiger partial charge < -0.3 is 20.1 Å². The first-order valence-corrected chi connectivity index (χ1v) is 14.3. The highest BCUT2D eigenvalue weighted by Gasteiger charge is 2.66. The number of amides is 1. The molecule has 1 amide bonds. The van der Waals surface area contributed by atoms with Crippen LogP contribution in [-0.4, -0.2) is 46.8 Å². The van der Waals surface area contributed by atoms with Crippen LogP contribution in [0.2, 0.25) is 0 Å². The van der Waals surface area contributed by atoms with E-state index in [1.165, 1.54) is 0 Å². The lowest BCUT2D eigenvalue weighted by atomic mass is 9.54. The summed E-state index contributed by atoms with van der Waals surface area (Å²) in [6.45, 7) is 7.87. The van der Waals surface area contributed by atoms with Crippen molar-refractivity contribution in [3.63, 3.8) is 0 Å². The lowest BCUT2D eigenvalue weighted by Crippen LogP contribution is -2.52. The van der Waals surface area contributed by atoms with E-state index >= 15 is 0 Å². The van der Waals surface area contributed by atoms with Crippen LogP contribution in [0.3, 0.4) is 0 Å². The molecule has 1 aromatic heterocycles. The topological polar surface area (TPSA) is 108 Å². The molecule has 3 aliphatic rings. The van der Waals surface area contributed by atoms with Crippen molar-refractivity contribution in [1.82, 2.24) is 10.3 Å². The third kappa shape index (κ3) is 4.49. The minimum atomic E-state index is -1.37. The van der Waals surface area contributed by atoms with Gasteiger partial charge in [-0.15, -0.1) is 0 Å². The van der Waals surface area contributed by atoms with Gasteiger partial charge in [-0.25, -0.2) is 0 Å². The molecular weight excluding hydrogens is 504 g/mol. The highest BCUT2D eigenvalue weighted by Crippen LogP contribution is 2.56. The number of fused-ring (bicyclic) bond motifs is 1. The van der Waals surface area contributed by atoms with Crippen molar-refractivity contribution in [2.24, 2.45) is 29.1 Å². The summed E-state index contributed by atoms with van der Waals surface area (Å²) in [7, 11) is 1.64. The molecule has 7 heteroatoms. The number of Topliss-reactive ketones (excluding diaryl/α,β-unsaturated/α-hetero) is 2. The lowest BCUT2D eigenvalue weighted by molar-refractivity contribution is -0.145. The Labute approximate surface area is 235 Å². The van der Waals surface area contributed by atoms with Crippen molar-refractivity contribution in [3.8, 4) is 0 Å². The minimum absolute atomic E-state index is 0.0205. The van der Waals surface area contributed by atoms with E-state index in [2.05, 4.69) is 30.2 Å². The van der Waals surface area contributed by atoms with E-state index in [-0.39, 0.29) is 48.1 Å². The molecule has 40 heavy (non-hydrogen) atoms. The molecule has 3 N–H and O–H groups in total. The molecule has 2 aromatic rings. The number of benzene rings is 1. The molecule has 1 saturated heterocycles. The molecule has 2 heterocycles. The normalized spacial score (nSPS) is 36.2. The second kappa shape index (κ2) is 10.9. The number of aliphatic hydroxyl groups excluding tert-OH is 1. The maximum atomic E-state index is 14.4. The van der Waals surface area contributed by atoms with Gasteiger partial charge in [0.1, 0.15) is 23.4 Å². The summed E-state index contributed by atoms with van der Waals surface area (Å²) in [5.74, 6) is -1.76. The number of carbonyl (C=O) groups is 3. The zero-order chi connectivity index (χ0) is 28.8.